The summed E-state index contributed by atoms with van der Waals surface area (Å²) in [5.41, 5.74) is 3.25. The summed E-state index contributed by atoms with van der Waals surface area (Å²) in [4.78, 5) is 13.5. The SMILES string of the molecule is CN=C(NCc1ncccc1C)N1CCN(Cc2cc(C)on2)CC1. The third-order valence-corrected chi connectivity index (χ3v) is 4.48. The molecule has 7 nitrogen and oxygen atoms in total. The van der Waals surface area contributed by atoms with Crippen LogP contribution in [-0.2, 0) is 13.1 Å². The minimum Gasteiger partial charge on any atom is -0.361 e. The number of hydrogen-bond acceptors (Lipinski definition) is 5. The highest BCUT2D eigenvalue weighted by Gasteiger charge is 2.20. The Morgan fingerprint density at radius 3 is 2.72 bits per heavy atom. The lowest BCUT2D eigenvalue weighted by atomic mass is 10.2. The fourth-order valence-electron chi connectivity index (χ4n) is 3.04. The Kier molecular flexibility index (Phi) is 5.65. The maximum absolute atomic E-state index is 5.14. The zero-order chi connectivity index (χ0) is 17.6. The van der Waals surface area contributed by atoms with Gasteiger partial charge in [-0.1, -0.05) is 11.2 Å². The highest BCUT2D eigenvalue weighted by atomic mass is 16.5. The fourth-order valence-corrected chi connectivity index (χ4v) is 3.04. The van der Waals surface area contributed by atoms with Gasteiger partial charge < -0.3 is 14.7 Å². The first-order chi connectivity index (χ1) is 12.2. The molecular formula is C18H26N6O. The summed E-state index contributed by atoms with van der Waals surface area (Å²) in [6.45, 7) is 9.38. The third kappa shape index (κ3) is 4.57. The lowest BCUT2D eigenvalue weighted by Gasteiger charge is -2.36. The van der Waals surface area contributed by atoms with E-state index in [2.05, 4.69) is 43.2 Å². The Morgan fingerprint density at radius 1 is 1.28 bits per heavy atom. The van der Waals surface area contributed by atoms with E-state index in [1.165, 1.54) is 5.56 Å². The van der Waals surface area contributed by atoms with Crippen LogP contribution in [-0.4, -0.2) is 59.1 Å². The second-order valence-corrected chi connectivity index (χ2v) is 6.36. The van der Waals surface area contributed by atoms with Gasteiger partial charge in [-0.3, -0.25) is 14.9 Å². The number of aliphatic imine (C=N–C) groups is 1. The molecule has 0 saturated carbocycles. The Morgan fingerprint density at radius 2 is 2.08 bits per heavy atom. The van der Waals surface area contributed by atoms with Gasteiger partial charge in [0, 0.05) is 52.0 Å². The van der Waals surface area contributed by atoms with Crippen LogP contribution in [0.4, 0.5) is 0 Å². The van der Waals surface area contributed by atoms with E-state index in [9.17, 15) is 0 Å². The van der Waals surface area contributed by atoms with E-state index >= 15 is 0 Å². The topological polar surface area (TPSA) is 69.8 Å². The van der Waals surface area contributed by atoms with Crippen molar-refractivity contribution in [2.24, 2.45) is 4.99 Å². The van der Waals surface area contributed by atoms with Crippen molar-refractivity contribution >= 4 is 5.96 Å². The molecule has 2 aromatic heterocycles. The van der Waals surface area contributed by atoms with Crippen molar-refractivity contribution in [1.29, 1.82) is 0 Å². The Labute approximate surface area is 148 Å². The van der Waals surface area contributed by atoms with Gasteiger partial charge in [-0.05, 0) is 25.5 Å². The number of piperazine rings is 1. The number of aryl methyl sites for hydroxylation is 2. The van der Waals surface area contributed by atoms with Gasteiger partial charge in [0.1, 0.15) is 5.76 Å². The normalized spacial score (nSPS) is 16.3. The van der Waals surface area contributed by atoms with E-state index in [1.807, 2.05) is 32.3 Å². The fraction of sp³-hybridized carbons (Fsp3) is 0.500. The highest BCUT2D eigenvalue weighted by molar-refractivity contribution is 5.80. The largest absolute Gasteiger partial charge is 0.361 e. The van der Waals surface area contributed by atoms with Crippen LogP contribution in [0.15, 0.2) is 33.9 Å². The van der Waals surface area contributed by atoms with Gasteiger partial charge in [-0.2, -0.15) is 0 Å². The predicted octanol–water partition coefficient (Wildman–Crippen LogP) is 1.58. The third-order valence-electron chi connectivity index (χ3n) is 4.48. The lowest BCUT2D eigenvalue weighted by Crippen LogP contribution is -2.52. The quantitative estimate of drug-likeness (QED) is 0.672. The van der Waals surface area contributed by atoms with Crippen molar-refractivity contribution in [2.45, 2.75) is 26.9 Å². The molecule has 2 aromatic rings. The number of rotatable bonds is 4. The van der Waals surface area contributed by atoms with Crippen molar-refractivity contribution in [1.82, 2.24) is 25.3 Å². The van der Waals surface area contributed by atoms with Crippen LogP contribution in [0.1, 0.15) is 22.7 Å². The van der Waals surface area contributed by atoms with E-state index < -0.39 is 0 Å². The van der Waals surface area contributed by atoms with Crippen molar-refractivity contribution in [3.05, 3.63) is 47.1 Å². The molecule has 0 atom stereocenters. The molecule has 1 aliphatic heterocycles. The summed E-state index contributed by atoms with van der Waals surface area (Å²) in [7, 11) is 1.83. The summed E-state index contributed by atoms with van der Waals surface area (Å²) in [5, 5.41) is 7.51. The average Bonchev–Trinajstić information content (AvgIpc) is 3.03. The van der Waals surface area contributed by atoms with Crippen LogP contribution in [0.25, 0.3) is 0 Å². The van der Waals surface area contributed by atoms with Crippen LogP contribution in [0, 0.1) is 13.8 Å². The molecular weight excluding hydrogens is 316 g/mol. The first kappa shape index (κ1) is 17.4. The average molecular weight is 342 g/mol. The minimum atomic E-state index is 0.692. The molecule has 0 unspecified atom stereocenters. The molecule has 0 amide bonds. The first-order valence-electron chi connectivity index (χ1n) is 8.66. The first-order valence-corrected chi connectivity index (χ1v) is 8.66. The second-order valence-electron chi connectivity index (χ2n) is 6.36. The summed E-state index contributed by atoms with van der Waals surface area (Å²) >= 11 is 0. The summed E-state index contributed by atoms with van der Waals surface area (Å²) < 4.78 is 5.14. The van der Waals surface area contributed by atoms with E-state index in [4.69, 9.17) is 4.52 Å². The van der Waals surface area contributed by atoms with Gasteiger partial charge in [0.25, 0.3) is 0 Å². The number of nitrogens with one attached hydrogen (secondary N) is 1. The molecule has 0 aromatic carbocycles. The smallest absolute Gasteiger partial charge is 0.194 e. The van der Waals surface area contributed by atoms with Crippen molar-refractivity contribution in [2.75, 3.05) is 33.2 Å². The second kappa shape index (κ2) is 8.11. The minimum absolute atomic E-state index is 0.692. The molecule has 7 heteroatoms. The lowest BCUT2D eigenvalue weighted by molar-refractivity contribution is 0.169. The van der Waals surface area contributed by atoms with Gasteiger partial charge in [0.2, 0.25) is 0 Å². The molecule has 0 radical (unpaired) electrons. The van der Waals surface area contributed by atoms with Gasteiger partial charge in [-0.15, -0.1) is 0 Å². The number of hydrogen-bond donors (Lipinski definition) is 1. The van der Waals surface area contributed by atoms with Crippen molar-refractivity contribution < 1.29 is 4.52 Å². The van der Waals surface area contributed by atoms with Crippen LogP contribution in [0.2, 0.25) is 0 Å². The monoisotopic (exact) mass is 342 g/mol. The van der Waals surface area contributed by atoms with Crippen LogP contribution < -0.4 is 5.32 Å². The number of guanidine groups is 1. The molecule has 0 bridgehead atoms. The Bertz CT molecular complexity index is 718. The standard InChI is InChI=1S/C18H26N6O/c1-14-5-4-6-20-17(14)12-21-18(19-3)24-9-7-23(8-10-24)13-16-11-15(2)25-22-16/h4-6,11H,7-10,12-13H2,1-3H3,(H,19,21). The zero-order valence-corrected chi connectivity index (χ0v) is 15.2. The highest BCUT2D eigenvalue weighted by Crippen LogP contribution is 2.09. The molecule has 1 saturated heterocycles. The van der Waals surface area contributed by atoms with E-state index in [-0.39, 0.29) is 0 Å². The molecule has 134 valence electrons. The molecule has 1 fully saturated rings. The Hall–Kier alpha value is -2.41. The maximum Gasteiger partial charge on any atom is 0.194 e. The van der Waals surface area contributed by atoms with Crippen LogP contribution in [0.3, 0.4) is 0 Å². The van der Waals surface area contributed by atoms with Crippen LogP contribution in [0.5, 0.6) is 0 Å². The number of aromatic nitrogens is 2. The molecule has 25 heavy (non-hydrogen) atoms. The van der Waals surface area contributed by atoms with E-state index in [0.29, 0.717) is 6.54 Å². The summed E-state index contributed by atoms with van der Waals surface area (Å²) in [5.74, 6) is 1.80. The van der Waals surface area contributed by atoms with E-state index in [0.717, 1.165) is 55.8 Å². The molecule has 1 aliphatic rings. The molecule has 1 N–H and O–H groups in total. The van der Waals surface area contributed by atoms with Crippen molar-refractivity contribution in [3.63, 3.8) is 0 Å². The summed E-state index contributed by atoms with van der Waals surface area (Å²) in [6.07, 6.45) is 1.83. The predicted molar refractivity (Wildman–Crippen MR) is 97.3 cm³/mol. The van der Waals surface area contributed by atoms with Gasteiger partial charge in [0.15, 0.2) is 5.96 Å². The molecule has 0 aliphatic carbocycles. The number of pyridine rings is 1. The molecule has 3 heterocycles. The molecule has 0 spiro atoms. The van der Waals surface area contributed by atoms with Gasteiger partial charge in [-0.25, -0.2) is 0 Å². The summed E-state index contributed by atoms with van der Waals surface area (Å²) in [6, 6.07) is 6.04. The number of nitrogens with zero attached hydrogens (tertiary/aromatic N) is 5. The van der Waals surface area contributed by atoms with Gasteiger partial charge >= 0.3 is 0 Å². The zero-order valence-electron chi connectivity index (χ0n) is 15.2. The van der Waals surface area contributed by atoms with Gasteiger partial charge in [0.05, 0.1) is 17.9 Å². The molecule has 3 rings (SSSR count). The van der Waals surface area contributed by atoms with E-state index in [1.54, 1.807) is 0 Å². The maximum atomic E-state index is 5.14. The Balaban J connectivity index is 1.49. The van der Waals surface area contributed by atoms with Crippen LogP contribution >= 0.6 is 0 Å². The van der Waals surface area contributed by atoms with Crippen molar-refractivity contribution in [3.8, 4) is 0 Å².